The number of nitrogens with zero attached hydrogens (tertiary/aromatic N) is 2. The maximum atomic E-state index is 14.0. The first-order valence-corrected chi connectivity index (χ1v) is 6.88. The van der Waals surface area contributed by atoms with Gasteiger partial charge in [0.1, 0.15) is 22.7 Å². The Labute approximate surface area is 120 Å². The summed E-state index contributed by atoms with van der Waals surface area (Å²) < 4.78 is 21.4. The molecule has 0 atom stereocenters. The van der Waals surface area contributed by atoms with Crippen LogP contribution in [0.25, 0.3) is 11.3 Å². The van der Waals surface area contributed by atoms with E-state index in [9.17, 15) is 14.3 Å². The van der Waals surface area contributed by atoms with E-state index in [1.54, 1.807) is 12.1 Å². The molecule has 6 heteroatoms. The summed E-state index contributed by atoms with van der Waals surface area (Å²) in [5.41, 5.74) is 0.0526. The van der Waals surface area contributed by atoms with Crippen molar-refractivity contribution in [2.75, 3.05) is 0 Å². The van der Waals surface area contributed by atoms with Gasteiger partial charge in [-0.2, -0.15) is 5.10 Å². The first-order chi connectivity index (χ1) is 10.1. The van der Waals surface area contributed by atoms with Crippen LogP contribution in [0.5, 0.6) is 5.88 Å². The minimum absolute atomic E-state index is 0.0499. The van der Waals surface area contributed by atoms with Crippen LogP contribution in [-0.4, -0.2) is 26.5 Å². The SMILES string of the molecule is O=C(O)c1c(-c2ccccc2F)nn2c1OC1(CC2)CC1. The molecule has 1 aromatic heterocycles. The van der Waals surface area contributed by atoms with Crippen LogP contribution >= 0.6 is 0 Å². The van der Waals surface area contributed by atoms with Crippen LogP contribution in [0.4, 0.5) is 4.39 Å². The van der Waals surface area contributed by atoms with Gasteiger partial charge in [0.2, 0.25) is 5.88 Å². The second kappa shape index (κ2) is 4.07. The molecule has 1 spiro atoms. The van der Waals surface area contributed by atoms with Crippen LogP contribution in [0, 0.1) is 5.82 Å². The molecule has 1 aliphatic carbocycles. The Morgan fingerprint density at radius 2 is 2.10 bits per heavy atom. The van der Waals surface area contributed by atoms with E-state index in [1.165, 1.54) is 16.8 Å². The van der Waals surface area contributed by atoms with Gasteiger partial charge < -0.3 is 9.84 Å². The van der Waals surface area contributed by atoms with Crippen molar-refractivity contribution in [2.24, 2.45) is 0 Å². The van der Waals surface area contributed by atoms with Crippen LogP contribution in [0.1, 0.15) is 29.6 Å². The van der Waals surface area contributed by atoms with Crippen LogP contribution in [-0.2, 0) is 6.54 Å². The Balaban J connectivity index is 1.91. The minimum Gasteiger partial charge on any atom is -0.477 e. The third-order valence-electron chi connectivity index (χ3n) is 4.15. The number of ether oxygens (including phenoxy) is 1. The number of hydrogen-bond acceptors (Lipinski definition) is 3. The van der Waals surface area contributed by atoms with E-state index in [2.05, 4.69) is 5.10 Å². The molecular weight excluding hydrogens is 275 g/mol. The maximum absolute atomic E-state index is 14.0. The third-order valence-corrected chi connectivity index (χ3v) is 4.15. The minimum atomic E-state index is -1.15. The number of benzene rings is 1. The molecule has 1 saturated carbocycles. The van der Waals surface area contributed by atoms with Gasteiger partial charge in [-0.05, 0) is 25.0 Å². The maximum Gasteiger partial charge on any atom is 0.343 e. The van der Waals surface area contributed by atoms with Gasteiger partial charge in [0, 0.05) is 18.5 Å². The van der Waals surface area contributed by atoms with E-state index in [-0.39, 0.29) is 28.3 Å². The van der Waals surface area contributed by atoms with Gasteiger partial charge in [0.05, 0.1) is 0 Å². The summed E-state index contributed by atoms with van der Waals surface area (Å²) in [4.78, 5) is 11.6. The molecule has 2 aromatic rings. The van der Waals surface area contributed by atoms with Gasteiger partial charge in [-0.15, -0.1) is 0 Å². The van der Waals surface area contributed by atoms with Crippen molar-refractivity contribution >= 4 is 5.97 Å². The molecule has 5 nitrogen and oxygen atoms in total. The molecular formula is C15H13FN2O3. The summed E-state index contributed by atoms with van der Waals surface area (Å²) >= 11 is 0. The van der Waals surface area contributed by atoms with Crippen molar-refractivity contribution in [3.8, 4) is 17.1 Å². The molecule has 0 unspecified atom stereocenters. The number of carboxylic acid groups (broad SMARTS) is 1. The summed E-state index contributed by atoms with van der Waals surface area (Å²) in [7, 11) is 0. The highest BCUT2D eigenvalue weighted by Gasteiger charge is 2.49. The van der Waals surface area contributed by atoms with Crippen LogP contribution in [0.3, 0.4) is 0 Å². The zero-order valence-corrected chi connectivity index (χ0v) is 11.2. The molecule has 108 valence electrons. The Kier molecular flexibility index (Phi) is 2.40. The lowest BCUT2D eigenvalue weighted by atomic mass is 10.1. The number of rotatable bonds is 2. The molecule has 0 saturated heterocycles. The predicted octanol–water partition coefficient (Wildman–Crippen LogP) is 2.70. The lowest BCUT2D eigenvalue weighted by Gasteiger charge is -2.24. The van der Waals surface area contributed by atoms with Crippen molar-refractivity contribution in [1.82, 2.24) is 9.78 Å². The first kappa shape index (κ1) is 12.4. The highest BCUT2D eigenvalue weighted by molar-refractivity contribution is 5.97. The normalized spacial score (nSPS) is 18.1. The number of aromatic nitrogens is 2. The molecule has 1 fully saturated rings. The number of carbonyl (C=O) groups is 1. The van der Waals surface area contributed by atoms with E-state index >= 15 is 0 Å². The number of hydrogen-bond donors (Lipinski definition) is 1. The Hall–Kier alpha value is -2.37. The molecule has 0 bridgehead atoms. The summed E-state index contributed by atoms with van der Waals surface area (Å²) in [6.07, 6.45) is 2.69. The van der Waals surface area contributed by atoms with Crippen molar-refractivity contribution in [2.45, 2.75) is 31.4 Å². The molecule has 0 amide bonds. The summed E-state index contributed by atoms with van der Waals surface area (Å²) in [6, 6.07) is 6.04. The monoisotopic (exact) mass is 288 g/mol. The fraction of sp³-hybridized carbons (Fsp3) is 0.333. The van der Waals surface area contributed by atoms with E-state index in [0.29, 0.717) is 6.54 Å². The van der Waals surface area contributed by atoms with Gasteiger partial charge in [0.15, 0.2) is 0 Å². The predicted molar refractivity (Wildman–Crippen MR) is 71.8 cm³/mol. The van der Waals surface area contributed by atoms with E-state index in [0.717, 1.165) is 19.3 Å². The molecule has 2 heterocycles. The number of aromatic carboxylic acids is 1. The lowest BCUT2D eigenvalue weighted by Crippen LogP contribution is -2.28. The fourth-order valence-corrected chi connectivity index (χ4v) is 2.79. The topological polar surface area (TPSA) is 64.3 Å². The van der Waals surface area contributed by atoms with E-state index in [4.69, 9.17) is 4.74 Å². The van der Waals surface area contributed by atoms with Gasteiger partial charge >= 0.3 is 5.97 Å². The van der Waals surface area contributed by atoms with Crippen molar-refractivity contribution in [3.05, 3.63) is 35.6 Å². The number of fused-ring (bicyclic) bond motifs is 1. The first-order valence-electron chi connectivity index (χ1n) is 6.88. The number of aryl methyl sites for hydroxylation is 1. The van der Waals surface area contributed by atoms with E-state index < -0.39 is 11.8 Å². The molecule has 1 N–H and O–H groups in total. The Morgan fingerprint density at radius 3 is 2.76 bits per heavy atom. The average molecular weight is 288 g/mol. The summed E-state index contributed by atoms with van der Waals surface area (Å²) in [6.45, 7) is 0.601. The second-order valence-corrected chi connectivity index (χ2v) is 5.57. The molecule has 0 radical (unpaired) electrons. The Bertz CT molecular complexity index is 749. The zero-order valence-electron chi connectivity index (χ0n) is 11.2. The lowest BCUT2D eigenvalue weighted by molar-refractivity contribution is 0.0673. The number of carboxylic acids is 1. The summed E-state index contributed by atoms with van der Waals surface area (Å²) in [5.74, 6) is -1.38. The second-order valence-electron chi connectivity index (χ2n) is 5.57. The third kappa shape index (κ3) is 1.82. The fourth-order valence-electron chi connectivity index (χ4n) is 2.79. The van der Waals surface area contributed by atoms with Crippen LogP contribution < -0.4 is 4.74 Å². The molecule has 2 aliphatic rings. The number of halogens is 1. The largest absolute Gasteiger partial charge is 0.477 e. The summed E-state index contributed by atoms with van der Waals surface area (Å²) in [5, 5.41) is 13.8. The standard InChI is InChI=1S/C15H13FN2O3/c16-10-4-2-1-3-9(10)12-11(14(19)20)13-18(17-12)8-7-15(21-13)5-6-15/h1-4H,5-8H2,(H,19,20). The quantitative estimate of drug-likeness (QED) is 0.922. The van der Waals surface area contributed by atoms with Gasteiger partial charge in [-0.3, -0.25) is 0 Å². The molecule has 1 aromatic carbocycles. The van der Waals surface area contributed by atoms with Gasteiger partial charge in [0.25, 0.3) is 0 Å². The molecule has 4 rings (SSSR count). The Morgan fingerprint density at radius 1 is 1.33 bits per heavy atom. The van der Waals surface area contributed by atoms with Crippen molar-refractivity contribution in [3.63, 3.8) is 0 Å². The highest BCUT2D eigenvalue weighted by atomic mass is 19.1. The van der Waals surface area contributed by atoms with Gasteiger partial charge in [-0.25, -0.2) is 13.9 Å². The average Bonchev–Trinajstić information content (AvgIpc) is 3.09. The van der Waals surface area contributed by atoms with Crippen molar-refractivity contribution in [1.29, 1.82) is 0 Å². The van der Waals surface area contributed by atoms with E-state index in [1.807, 2.05) is 0 Å². The molecule has 21 heavy (non-hydrogen) atoms. The smallest absolute Gasteiger partial charge is 0.343 e. The van der Waals surface area contributed by atoms with Crippen LogP contribution in [0.2, 0.25) is 0 Å². The van der Waals surface area contributed by atoms with Crippen molar-refractivity contribution < 1.29 is 19.0 Å². The van der Waals surface area contributed by atoms with Crippen LogP contribution in [0.15, 0.2) is 24.3 Å². The zero-order chi connectivity index (χ0) is 14.6. The van der Waals surface area contributed by atoms with Gasteiger partial charge in [-0.1, -0.05) is 12.1 Å². The molecule has 1 aliphatic heterocycles. The highest BCUT2D eigenvalue weighted by Crippen LogP contribution is 2.48.